The third kappa shape index (κ3) is 3.44. The number of aromatic nitrogens is 1. The van der Waals surface area contributed by atoms with Crippen LogP contribution in [0.1, 0.15) is 15.9 Å². The third-order valence-corrected chi connectivity index (χ3v) is 4.27. The summed E-state index contributed by atoms with van der Waals surface area (Å²) in [6.45, 7) is 0. The number of hydrogen-bond acceptors (Lipinski definition) is 4. The van der Waals surface area contributed by atoms with Crippen LogP contribution in [0.25, 0.3) is 22.2 Å². The lowest BCUT2D eigenvalue weighted by Crippen LogP contribution is -2.10. The van der Waals surface area contributed by atoms with Crippen molar-refractivity contribution >= 4 is 16.9 Å². The van der Waals surface area contributed by atoms with Gasteiger partial charge in [-0.25, -0.2) is 14.2 Å². The normalized spacial score (nSPS) is 10.4. The van der Waals surface area contributed by atoms with E-state index in [0.29, 0.717) is 39.0 Å². The number of pyridine rings is 1. The first-order valence-corrected chi connectivity index (χ1v) is 8.52. The fourth-order valence-corrected chi connectivity index (χ4v) is 2.87. The first kappa shape index (κ1) is 17.4. The Bertz CT molecular complexity index is 1210. The number of benzene rings is 3. The lowest BCUT2D eigenvalue weighted by molar-refractivity contribution is 0.0737. The van der Waals surface area contributed by atoms with Gasteiger partial charge < -0.3 is 4.74 Å². The zero-order valence-electron chi connectivity index (χ0n) is 14.6. The molecular formula is C23H13FN2O2. The Balaban J connectivity index is 1.76. The van der Waals surface area contributed by atoms with Crippen LogP contribution in [0.4, 0.5) is 4.39 Å². The fourth-order valence-electron chi connectivity index (χ4n) is 2.87. The maximum Gasteiger partial charge on any atom is 0.344 e. The van der Waals surface area contributed by atoms with E-state index in [4.69, 9.17) is 10.00 Å². The number of esters is 1. The molecule has 0 saturated carbocycles. The Morgan fingerprint density at radius 1 is 0.964 bits per heavy atom. The van der Waals surface area contributed by atoms with Crippen molar-refractivity contribution in [2.45, 2.75) is 0 Å². The molecule has 3 aromatic carbocycles. The third-order valence-electron chi connectivity index (χ3n) is 4.27. The topological polar surface area (TPSA) is 63.0 Å². The highest BCUT2D eigenvalue weighted by Gasteiger charge is 2.16. The SMILES string of the molecule is N#Cc1ccc(OC(=O)c2cc(-c3ccc(F)cc3)nc3ccccc23)cc1. The van der Waals surface area contributed by atoms with Gasteiger partial charge in [-0.3, -0.25) is 0 Å². The Hall–Kier alpha value is -4.04. The number of nitrogens with zero attached hydrogens (tertiary/aromatic N) is 2. The van der Waals surface area contributed by atoms with E-state index in [0.717, 1.165) is 0 Å². The highest BCUT2D eigenvalue weighted by atomic mass is 19.1. The largest absolute Gasteiger partial charge is 0.423 e. The van der Waals surface area contributed by atoms with Crippen molar-refractivity contribution < 1.29 is 13.9 Å². The minimum Gasteiger partial charge on any atom is -0.423 e. The molecule has 28 heavy (non-hydrogen) atoms. The highest BCUT2D eigenvalue weighted by Crippen LogP contribution is 2.26. The minimum absolute atomic E-state index is 0.341. The van der Waals surface area contributed by atoms with Crippen LogP contribution in [0.5, 0.6) is 5.75 Å². The van der Waals surface area contributed by atoms with Crippen molar-refractivity contribution in [3.8, 4) is 23.1 Å². The summed E-state index contributed by atoms with van der Waals surface area (Å²) in [5.74, 6) is -0.537. The summed E-state index contributed by atoms with van der Waals surface area (Å²) < 4.78 is 18.7. The molecule has 0 radical (unpaired) electrons. The smallest absolute Gasteiger partial charge is 0.344 e. The Labute approximate surface area is 160 Å². The Morgan fingerprint density at radius 2 is 1.68 bits per heavy atom. The lowest BCUT2D eigenvalue weighted by atomic mass is 10.0. The van der Waals surface area contributed by atoms with Gasteiger partial charge in [0.1, 0.15) is 11.6 Å². The molecule has 0 fully saturated rings. The van der Waals surface area contributed by atoms with Crippen LogP contribution < -0.4 is 4.74 Å². The molecule has 0 N–H and O–H groups in total. The summed E-state index contributed by atoms with van der Waals surface area (Å²) in [4.78, 5) is 17.4. The molecule has 4 rings (SSSR count). The summed E-state index contributed by atoms with van der Waals surface area (Å²) in [6.07, 6.45) is 0. The molecule has 0 atom stereocenters. The summed E-state index contributed by atoms with van der Waals surface area (Å²) in [5.41, 5.74) is 2.71. The van der Waals surface area contributed by atoms with Crippen molar-refractivity contribution in [3.63, 3.8) is 0 Å². The second-order valence-corrected chi connectivity index (χ2v) is 6.10. The molecule has 0 spiro atoms. The molecule has 5 heteroatoms. The number of ether oxygens (including phenoxy) is 1. The first-order valence-electron chi connectivity index (χ1n) is 8.52. The molecule has 0 unspecified atom stereocenters. The molecule has 0 bridgehead atoms. The average Bonchev–Trinajstić information content (AvgIpc) is 2.74. The second-order valence-electron chi connectivity index (χ2n) is 6.10. The molecular weight excluding hydrogens is 355 g/mol. The van der Waals surface area contributed by atoms with Gasteiger partial charge >= 0.3 is 5.97 Å². The molecule has 0 aliphatic carbocycles. The van der Waals surface area contributed by atoms with Crippen LogP contribution in [0.2, 0.25) is 0 Å². The second kappa shape index (κ2) is 7.29. The zero-order chi connectivity index (χ0) is 19.5. The number of nitriles is 1. The number of carbonyl (C=O) groups excluding carboxylic acids is 1. The van der Waals surface area contributed by atoms with Crippen LogP contribution in [0.15, 0.2) is 78.9 Å². The van der Waals surface area contributed by atoms with Crippen LogP contribution in [0.3, 0.4) is 0 Å². The lowest BCUT2D eigenvalue weighted by Gasteiger charge is -2.10. The van der Waals surface area contributed by atoms with Gasteiger partial charge in [0.2, 0.25) is 0 Å². The summed E-state index contributed by atoms with van der Waals surface area (Å²) in [7, 11) is 0. The number of hydrogen-bond donors (Lipinski definition) is 0. The van der Waals surface area contributed by atoms with Gasteiger partial charge in [-0.1, -0.05) is 18.2 Å². The van der Waals surface area contributed by atoms with Crippen LogP contribution in [0, 0.1) is 17.1 Å². The first-order chi connectivity index (χ1) is 13.6. The minimum atomic E-state index is -0.535. The number of para-hydroxylation sites is 1. The summed E-state index contributed by atoms with van der Waals surface area (Å²) >= 11 is 0. The maximum atomic E-state index is 13.2. The van der Waals surface area contributed by atoms with E-state index in [2.05, 4.69) is 4.98 Å². The van der Waals surface area contributed by atoms with E-state index in [1.807, 2.05) is 18.2 Å². The predicted molar refractivity (Wildman–Crippen MR) is 103 cm³/mol. The average molecular weight is 368 g/mol. The van der Waals surface area contributed by atoms with E-state index in [1.165, 1.54) is 12.1 Å². The molecule has 0 aliphatic heterocycles. The molecule has 4 nitrogen and oxygen atoms in total. The van der Waals surface area contributed by atoms with Gasteiger partial charge in [-0.05, 0) is 60.7 Å². The van der Waals surface area contributed by atoms with Gasteiger partial charge in [-0.15, -0.1) is 0 Å². The number of halogens is 1. The van der Waals surface area contributed by atoms with Crippen LogP contribution in [-0.4, -0.2) is 11.0 Å². The van der Waals surface area contributed by atoms with Crippen molar-refractivity contribution in [2.75, 3.05) is 0 Å². The van der Waals surface area contributed by atoms with Crippen molar-refractivity contribution in [1.82, 2.24) is 4.98 Å². The molecule has 0 amide bonds. The van der Waals surface area contributed by atoms with E-state index in [-0.39, 0.29) is 5.82 Å². The van der Waals surface area contributed by atoms with E-state index in [1.54, 1.807) is 54.6 Å². The fraction of sp³-hybridized carbons (Fsp3) is 0. The zero-order valence-corrected chi connectivity index (χ0v) is 14.6. The maximum absolute atomic E-state index is 13.2. The van der Waals surface area contributed by atoms with Crippen molar-refractivity contribution in [1.29, 1.82) is 5.26 Å². The van der Waals surface area contributed by atoms with Gasteiger partial charge in [0.25, 0.3) is 0 Å². The summed E-state index contributed by atoms with van der Waals surface area (Å²) in [5, 5.41) is 9.53. The van der Waals surface area contributed by atoms with E-state index >= 15 is 0 Å². The molecule has 1 heterocycles. The van der Waals surface area contributed by atoms with Crippen molar-refractivity contribution in [3.05, 3.63) is 95.8 Å². The van der Waals surface area contributed by atoms with Crippen LogP contribution >= 0.6 is 0 Å². The number of fused-ring (bicyclic) bond motifs is 1. The Morgan fingerprint density at radius 3 is 2.39 bits per heavy atom. The van der Waals surface area contributed by atoms with Gasteiger partial charge in [0.05, 0.1) is 28.4 Å². The molecule has 134 valence electrons. The molecule has 4 aromatic rings. The van der Waals surface area contributed by atoms with Gasteiger partial charge in [0.15, 0.2) is 0 Å². The number of rotatable bonds is 3. The van der Waals surface area contributed by atoms with E-state index in [9.17, 15) is 9.18 Å². The van der Waals surface area contributed by atoms with Crippen molar-refractivity contribution in [2.24, 2.45) is 0 Å². The molecule has 1 aromatic heterocycles. The van der Waals surface area contributed by atoms with Crippen LogP contribution in [-0.2, 0) is 0 Å². The molecule has 0 aliphatic rings. The number of carbonyl (C=O) groups is 1. The van der Waals surface area contributed by atoms with Gasteiger partial charge in [-0.2, -0.15) is 5.26 Å². The van der Waals surface area contributed by atoms with Gasteiger partial charge in [0, 0.05) is 10.9 Å². The molecule has 0 saturated heterocycles. The Kier molecular flexibility index (Phi) is 4.53. The summed E-state index contributed by atoms with van der Waals surface area (Å²) in [6, 6.07) is 23.1. The monoisotopic (exact) mass is 368 g/mol. The predicted octanol–water partition coefficient (Wildman–Crippen LogP) is 5.13. The quantitative estimate of drug-likeness (QED) is 0.371. The van der Waals surface area contributed by atoms with E-state index < -0.39 is 5.97 Å². The highest BCUT2D eigenvalue weighted by molar-refractivity contribution is 6.05. The standard InChI is InChI=1S/C23H13FN2O2/c24-17-9-7-16(8-10-17)22-13-20(19-3-1-2-4-21(19)26-22)23(27)28-18-11-5-15(14-25)6-12-18/h1-13H.